The molecule has 1 aliphatic heterocycles. The molecule has 0 atom stereocenters. The predicted octanol–water partition coefficient (Wildman–Crippen LogP) is 4.12. The van der Waals surface area contributed by atoms with Gasteiger partial charge < -0.3 is 0 Å². The molecule has 0 bridgehead atoms. The molecule has 0 unspecified atom stereocenters. The Balaban J connectivity index is 1.81. The standard InChI is InChI=1S/C18H28ClIN2/c1-3-22(2)15-6-8-18(13-21,9-7-15)14-4-5-16(19)17(12-14)20-10-11-20/h4-5,12,15H,3,6-11,13,21H2,1-2H3. The van der Waals surface area contributed by atoms with Gasteiger partial charge in [0.25, 0.3) is 0 Å². The number of alkyl halides is 2. The van der Waals surface area contributed by atoms with Crippen LogP contribution in [0.25, 0.3) is 0 Å². The monoisotopic (exact) mass is 434 g/mol. The van der Waals surface area contributed by atoms with Crippen LogP contribution in [0.5, 0.6) is 0 Å². The van der Waals surface area contributed by atoms with Gasteiger partial charge in [0.2, 0.25) is 0 Å². The maximum atomic E-state index is 6.44. The van der Waals surface area contributed by atoms with Crippen molar-refractivity contribution in [1.29, 1.82) is 0 Å². The van der Waals surface area contributed by atoms with Gasteiger partial charge in [0.15, 0.2) is 0 Å². The molecule has 2 fully saturated rings. The average Bonchev–Trinajstić information content (AvgIpc) is 3.39. The molecule has 1 aliphatic carbocycles. The minimum absolute atomic E-state index is 0.191. The van der Waals surface area contributed by atoms with Crippen molar-refractivity contribution >= 4 is 31.4 Å². The summed E-state index contributed by atoms with van der Waals surface area (Å²) in [4.78, 5) is 2.49. The van der Waals surface area contributed by atoms with Crippen LogP contribution in [0.15, 0.2) is 18.2 Å². The summed E-state index contributed by atoms with van der Waals surface area (Å²) in [7, 11) is 2.25. The van der Waals surface area contributed by atoms with Gasteiger partial charge in [0.05, 0.1) is 0 Å². The van der Waals surface area contributed by atoms with E-state index in [2.05, 4.69) is 37.1 Å². The molecule has 4 heteroatoms. The van der Waals surface area contributed by atoms with Crippen molar-refractivity contribution in [3.8, 4) is 0 Å². The molecule has 1 heterocycles. The van der Waals surface area contributed by atoms with E-state index in [1.807, 2.05) is 0 Å². The Morgan fingerprint density at radius 2 is 2.00 bits per heavy atom. The van der Waals surface area contributed by atoms with Crippen LogP contribution >= 0.6 is 31.4 Å². The summed E-state index contributed by atoms with van der Waals surface area (Å²) in [6.45, 7) is 4.15. The first-order valence-corrected chi connectivity index (χ1v) is 12.9. The first kappa shape index (κ1) is 17.0. The molecule has 3 rings (SSSR count). The SMILES string of the molecule is CCN(C)C1CCC(CN)(c2ccc(Cl)c(I3CC3)c2)CC1. The van der Waals surface area contributed by atoms with Gasteiger partial charge in [-0.05, 0) is 0 Å². The Kier molecular flexibility index (Phi) is 5.38. The van der Waals surface area contributed by atoms with Crippen LogP contribution in [0, 0.1) is 3.57 Å². The minimum atomic E-state index is -0.830. The summed E-state index contributed by atoms with van der Waals surface area (Å²) in [6.07, 6.45) is 4.96. The zero-order valence-corrected chi connectivity index (χ0v) is 16.7. The zero-order chi connectivity index (χ0) is 15.7. The van der Waals surface area contributed by atoms with E-state index < -0.39 is 19.8 Å². The molecule has 2 N–H and O–H groups in total. The zero-order valence-electron chi connectivity index (χ0n) is 13.7. The second-order valence-corrected chi connectivity index (χ2v) is 13.1. The van der Waals surface area contributed by atoms with Crippen LogP contribution in [0.2, 0.25) is 5.02 Å². The molecule has 1 saturated heterocycles. The molecule has 22 heavy (non-hydrogen) atoms. The van der Waals surface area contributed by atoms with Crippen molar-refractivity contribution in [3.05, 3.63) is 32.4 Å². The van der Waals surface area contributed by atoms with Gasteiger partial charge in [-0.1, -0.05) is 0 Å². The summed E-state index contributed by atoms with van der Waals surface area (Å²) in [5, 5.41) is 1.01. The molecule has 0 aromatic heterocycles. The summed E-state index contributed by atoms with van der Waals surface area (Å²) in [5.41, 5.74) is 7.93. The average molecular weight is 435 g/mol. The third-order valence-electron chi connectivity index (χ3n) is 5.62. The Morgan fingerprint density at radius 3 is 2.55 bits per heavy atom. The quantitative estimate of drug-likeness (QED) is 0.558. The molecule has 1 aromatic carbocycles. The van der Waals surface area contributed by atoms with E-state index in [0.717, 1.165) is 24.2 Å². The molecule has 0 radical (unpaired) electrons. The summed E-state index contributed by atoms with van der Waals surface area (Å²) < 4.78 is 4.42. The number of rotatable bonds is 5. The number of nitrogens with two attached hydrogens (primary N) is 1. The Hall–Kier alpha value is 0.160. The third kappa shape index (κ3) is 3.33. The molecule has 2 aliphatic rings. The van der Waals surface area contributed by atoms with E-state index in [4.69, 9.17) is 17.3 Å². The van der Waals surface area contributed by atoms with Gasteiger partial charge in [-0.2, -0.15) is 0 Å². The van der Waals surface area contributed by atoms with Gasteiger partial charge in [0.1, 0.15) is 0 Å². The Morgan fingerprint density at radius 1 is 1.32 bits per heavy atom. The van der Waals surface area contributed by atoms with Crippen LogP contribution in [-0.4, -0.2) is 39.9 Å². The molecular formula is C18H28ClIN2. The third-order valence-corrected chi connectivity index (χ3v) is 11.0. The topological polar surface area (TPSA) is 29.3 Å². The number of hydrogen-bond acceptors (Lipinski definition) is 2. The van der Waals surface area contributed by atoms with E-state index in [1.165, 1.54) is 43.7 Å². The Bertz CT molecular complexity index is 522. The van der Waals surface area contributed by atoms with Crippen molar-refractivity contribution in [3.63, 3.8) is 0 Å². The molecule has 0 amide bonds. The van der Waals surface area contributed by atoms with Crippen molar-refractivity contribution in [2.75, 3.05) is 29.0 Å². The van der Waals surface area contributed by atoms with Gasteiger partial charge in [0, 0.05) is 0 Å². The number of hydrogen-bond donors (Lipinski definition) is 1. The van der Waals surface area contributed by atoms with E-state index in [9.17, 15) is 0 Å². The maximum absolute atomic E-state index is 6.44. The number of benzene rings is 1. The van der Waals surface area contributed by atoms with Gasteiger partial charge in [-0.3, -0.25) is 0 Å². The van der Waals surface area contributed by atoms with E-state index in [-0.39, 0.29) is 5.41 Å². The summed E-state index contributed by atoms with van der Waals surface area (Å²) >= 11 is 5.61. The van der Waals surface area contributed by atoms with Crippen LogP contribution in [0.4, 0.5) is 0 Å². The predicted molar refractivity (Wildman–Crippen MR) is 105 cm³/mol. The number of nitrogens with zero attached hydrogens (tertiary/aromatic N) is 1. The molecular weight excluding hydrogens is 407 g/mol. The second kappa shape index (κ2) is 6.96. The molecule has 0 spiro atoms. The van der Waals surface area contributed by atoms with Crippen molar-refractivity contribution in [2.24, 2.45) is 5.73 Å². The van der Waals surface area contributed by atoms with Crippen LogP contribution in [0.1, 0.15) is 38.2 Å². The summed E-state index contributed by atoms with van der Waals surface area (Å²) in [6, 6.07) is 7.57. The normalized spacial score (nSPS) is 29.9. The summed E-state index contributed by atoms with van der Waals surface area (Å²) in [5.74, 6) is 0. The van der Waals surface area contributed by atoms with Crippen molar-refractivity contribution in [2.45, 2.75) is 44.1 Å². The van der Waals surface area contributed by atoms with E-state index >= 15 is 0 Å². The van der Waals surface area contributed by atoms with Crippen molar-refractivity contribution in [1.82, 2.24) is 4.90 Å². The van der Waals surface area contributed by atoms with E-state index in [1.54, 1.807) is 0 Å². The first-order valence-electron chi connectivity index (χ1n) is 8.41. The fourth-order valence-corrected chi connectivity index (χ4v) is 8.95. The van der Waals surface area contributed by atoms with E-state index in [0.29, 0.717) is 0 Å². The van der Waals surface area contributed by atoms with Crippen LogP contribution < -0.4 is 5.73 Å². The second-order valence-electron chi connectivity index (χ2n) is 6.75. The molecule has 1 saturated carbocycles. The van der Waals surface area contributed by atoms with Gasteiger partial charge in [-0.15, -0.1) is 0 Å². The fraction of sp³-hybridized carbons (Fsp3) is 0.667. The first-order chi connectivity index (χ1) is 10.6. The van der Waals surface area contributed by atoms with Crippen molar-refractivity contribution < 1.29 is 0 Å². The molecule has 124 valence electrons. The van der Waals surface area contributed by atoms with Gasteiger partial charge >= 0.3 is 147 Å². The number of halogens is 2. The molecule has 2 nitrogen and oxygen atoms in total. The molecule has 1 aromatic rings. The fourth-order valence-electron chi connectivity index (χ4n) is 3.73. The Labute approximate surface area is 147 Å². The van der Waals surface area contributed by atoms with Crippen LogP contribution in [0.3, 0.4) is 0 Å². The van der Waals surface area contributed by atoms with Crippen LogP contribution in [-0.2, 0) is 5.41 Å². The van der Waals surface area contributed by atoms with Gasteiger partial charge in [-0.25, -0.2) is 0 Å².